The lowest BCUT2D eigenvalue weighted by atomic mass is 10.0. The summed E-state index contributed by atoms with van der Waals surface area (Å²) < 4.78 is 23.0. The highest BCUT2D eigenvalue weighted by molar-refractivity contribution is 7.89. The predicted molar refractivity (Wildman–Crippen MR) is 79.1 cm³/mol. The normalized spacial score (nSPS) is 11.4. The third-order valence-corrected chi connectivity index (χ3v) is 4.19. The average molecular weight is 298 g/mol. The number of primary sulfonamides is 1. The maximum absolute atomic E-state index is 12.1. The summed E-state index contributed by atoms with van der Waals surface area (Å²) in [6, 6.07) is 3.02. The molecule has 1 rings (SSSR count). The minimum absolute atomic E-state index is 0.00167. The van der Waals surface area contributed by atoms with E-state index in [0.717, 1.165) is 24.8 Å². The fourth-order valence-corrected chi connectivity index (χ4v) is 2.85. The summed E-state index contributed by atoms with van der Waals surface area (Å²) >= 11 is 0. The maximum atomic E-state index is 12.1. The van der Waals surface area contributed by atoms with Gasteiger partial charge in [0, 0.05) is 12.1 Å². The van der Waals surface area contributed by atoms with E-state index in [4.69, 9.17) is 5.14 Å². The number of carbonyl (C=O) groups excluding carboxylic acids is 1. The summed E-state index contributed by atoms with van der Waals surface area (Å²) in [5, 5.41) is 7.96. The molecule has 0 heterocycles. The zero-order valence-electron chi connectivity index (χ0n) is 12.2. The van der Waals surface area contributed by atoms with E-state index in [1.165, 1.54) is 6.07 Å². The second-order valence-electron chi connectivity index (χ2n) is 4.94. The molecule has 0 fully saturated rings. The van der Waals surface area contributed by atoms with Crippen LogP contribution in [0.15, 0.2) is 17.0 Å². The largest absolute Gasteiger partial charge is 0.352 e. The van der Waals surface area contributed by atoms with Gasteiger partial charge in [-0.1, -0.05) is 25.8 Å². The summed E-state index contributed by atoms with van der Waals surface area (Å²) in [5.41, 5.74) is 1.64. The van der Waals surface area contributed by atoms with Crippen LogP contribution in [0.25, 0.3) is 0 Å². The fourth-order valence-electron chi connectivity index (χ4n) is 2.06. The van der Waals surface area contributed by atoms with E-state index in [1.807, 2.05) is 0 Å². The highest BCUT2D eigenvalue weighted by Gasteiger charge is 2.17. The summed E-state index contributed by atoms with van der Waals surface area (Å²) in [7, 11) is -3.82. The van der Waals surface area contributed by atoms with Gasteiger partial charge in [-0.2, -0.15) is 0 Å². The average Bonchev–Trinajstić information content (AvgIpc) is 2.32. The SMILES string of the molecule is CCCCCNC(=O)c1cc(S(N)(=O)=O)c(C)cc1C. The molecule has 112 valence electrons. The molecule has 1 aromatic rings. The van der Waals surface area contributed by atoms with E-state index in [1.54, 1.807) is 19.9 Å². The molecule has 0 aliphatic heterocycles. The Balaban J connectivity index is 2.98. The molecule has 1 aromatic carbocycles. The third kappa shape index (κ3) is 4.31. The first-order valence-electron chi connectivity index (χ1n) is 6.69. The number of hydrogen-bond acceptors (Lipinski definition) is 3. The van der Waals surface area contributed by atoms with Gasteiger partial charge in [0.25, 0.3) is 5.91 Å². The van der Waals surface area contributed by atoms with Crippen molar-refractivity contribution in [3.8, 4) is 0 Å². The van der Waals surface area contributed by atoms with Crippen LogP contribution in [-0.2, 0) is 10.0 Å². The van der Waals surface area contributed by atoms with E-state index in [2.05, 4.69) is 12.2 Å². The number of hydrogen-bond donors (Lipinski definition) is 2. The molecule has 0 saturated heterocycles. The lowest BCUT2D eigenvalue weighted by molar-refractivity contribution is 0.0952. The maximum Gasteiger partial charge on any atom is 0.251 e. The number of sulfonamides is 1. The van der Waals surface area contributed by atoms with Gasteiger partial charge in [-0.15, -0.1) is 0 Å². The van der Waals surface area contributed by atoms with Crippen molar-refractivity contribution in [2.24, 2.45) is 5.14 Å². The van der Waals surface area contributed by atoms with Crippen LogP contribution in [0, 0.1) is 13.8 Å². The van der Waals surface area contributed by atoms with E-state index in [0.29, 0.717) is 17.7 Å². The lowest BCUT2D eigenvalue weighted by Crippen LogP contribution is -2.26. The van der Waals surface area contributed by atoms with Crippen LogP contribution in [-0.4, -0.2) is 20.9 Å². The molecule has 0 saturated carbocycles. The third-order valence-electron chi connectivity index (χ3n) is 3.14. The zero-order valence-corrected chi connectivity index (χ0v) is 13.0. The van der Waals surface area contributed by atoms with Crippen LogP contribution in [0.5, 0.6) is 0 Å². The Morgan fingerprint density at radius 1 is 1.20 bits per heavy atom. The monoisotopic (exact) mass is 298 g/mol. The fraction of sp³-hybridized carbons (Fsp3) is 0.500. The van der Waals surface area contributed by atoms with Gasteiger partial charge in [-0.25, -0.2) is 13.6 Å². The standard InChI is InChI=1S/C14H22N2O3S/c1-4-5-6-7-16-14(17)12-9-13(20(15,18)19)11(3)8-10(12)2/h8-9H,4-7H2,1-3H3,(H,16,17)(H2,15,18,19). The van der Waals surface area contributed by atoms with Crippen LogP contribution in [0.4, 0.5) is 0 Å². The Kier molecular flexibility index (Phi) is 5.71. The zero-order chi connectivity index (χ0) is 15.3. The summed E-state index contributed by atoms with van der Waals surface area (Å²) in [6.07, 6.45) is 3.04. The first kappa shape index (κ1) is 16.7. The number of aryl methyl sites for hydroxylation is 2. The Morgan fingerprint density at radius 2 is 1.85 bits per heavy atom. The molecule has 0 spiro atoms. The van der Waals surface area contributed by atoms with Gasteiger partial charge in [0.2, 0.25) is 10.0 Å². The Hall–Kier alpha value is -1.40. The number of nitrogens with two attached hydrogens (primary N) is 1. The molecule has 0 aliphatic rings. The molecule has 0 atom stereocenters. The molecule has 0 unspecified atom stereocenters. The molecule has 0 radical (unpaired) electrons. The van der Waals surface area contributed by atoms with Crippen LogP contribution in [0.1, 0.15) is 47.7 Å². The lowest BCUT2D eigenvalue weighted by Gasteiger charge is -2.11. The predicted octanol–water partition coefficient (Wildman–Crippen LogP) is 1.87. The second kappa shape index (κ2) is 6.85. The van der Waals surface area contributed by atoms with Crippen LogP contribution < -0.4 is 10.5 Å². The van der Waals surface area contributed by atoms with E-state index < -0.39 is 10.0 Å². The topological polar surface area (TPSA) is 89.3 Å². The van der Waals surface area contributed by atoms with Gasteiger partial charge in [0.15, 0.2) is 0 Å². The molecule has 3 N–H and O–H groups in total. The van der Waals surface area contributed by atoms with E-state index in [9.17, 15) is 13.2 Å². The molecule has 1 amide bonds. The quantitative estimate of drug-likeness (QED) is 0.786. The molecule has 5 nitrogen and oxygen atoms in total. The first-order chi connectivity index (χ1) is 9.27. The number of carbonyl (C=O) groups is 1. The van der Waals surface area contributed by atoms with Crippen molar-refractivity contribution in [3.05, 3.63) is 28.8 Å². The molecule has 20 heavy (non-hydrogen) atoms. The van der Waals surface area contributed by atoms with Crippen molar-refractivity contribution < 1.29 is 13.2 Å². The van der Waals surface area contributed by atoms with Crippen LogP contribution in [0.2, 0.25) is 0 Å². The first-order valence-corrected chi connectivity index (χ1v) is 8.24. The molecule has 6 heteroatoms. The minimum atomic E-state index is -3.82. The van der Waals surface area contributed by atoms with E-state index in [-0.39, 0.29) is 10.8 Å². The van der Waals surface area contributed by atoms with Crippen molar-refractivity contribution in [1.29, 1.82) is 0 Å². The van der Waals surface area contributed by atoms with Crippen LogP contribution >= 0.6 is 0 Å². The molecule has 0 aromatic heterocycles. The minimum Gasteiger partial charge on any atom is -0.352 e. The number of benzene rings is 1. The van der Waals surface area contributed by atoms with Crippen molar-refractivity contribution >= 4 is 15.9 Å². The highest BCUT2D eigenvalue weighted by Crippen LogP contribution is 2.19. The Morgan fingerprint density at radius 3 is 2.40 bits per heavy atom. The van der Waals surface area contributed by atoms with Gasteiger partial charge in [0.1, 0.15) is 0 Å². The molecule has 0 aliphatic carbocycles. The number of rotatable bonds is 6. The highest BCUT2D eigenvalue weighted by atomic mass is 32.2. The van der Waals surface area contributed by atoms with E-state index >= 15 is 0 Å². The molecule has 0 bridgehead atoms. The Labute approximate surface area is 120 Å². The summed E-state index contributed by atoms with van der Waals surface area (Å²) in [4.78, 5) is 12.1. The summed E-state index contributed by atoms with van der Waals surface area (Å²) in [5.74, 6) is -0.261. The smallest absolute Gasteiger partial charge is 0.251 e. The van der Waals surface area contributed by atoms with Crippen molar-refractivity contribution in [2.45, 2.75) is 44.9 Å². The number of unbranched alkanes of at least 4 members (excludes halogenated alkanes) is 2. The second-order valence-corrected chi connectivity index (χ2v) is 6.47. The van der Waals surface area contributed by atoms with Crippen molar-refractivity contribution in [3.63, 3.8) is 0 Å². The number of nitrogens with one attached hydrogen (secondary N) is 1. The van der Waals surface area contributed by atoms with Gasteiger partial charge in [-0.05, 0) is 37.5 Å². The van der Waals surface area contributed by atoms with Gasteiger partial charge in [-0.3, -0.25) is 4.79 Å². The van der Waals surface area contributed by atoms with Gasteiger partial charge >= 0.3 is 0 Å². The number of amides is 1. The summed E-state index contributed by atoms with van der Waals surface area (Å²) in [6.45, 7) is 6.12. The van der Waals surface area contributed by atoms with Crippen LogP contribution in [0.3, 0.4) is 0 Å². The van der Waals surface area contributed by atoms with Gasteiger partial charge in [0.05, 0.1) is 4.90 Å². The van der Waals surface area contributed by atoms with Crippen molar-refractivity contribution in [2.75, 3.05) is 6.54 Å². The van der Waals surface area contributed by atoms with Gasteiger partial charge < -0.3 is 5.32 Å². The molecular weight excluding hydrogens is 276 g/mol. The van der Waals surface area contributed by atoms with Crippen molar-refractivity contribution in [1.82, 2.24) is 5.32 Å². The Bertz CT molecular complexity index is 595. The molecular formula is C14H22N2O3S.